The van der Waals surface area contributed by atoms with E-state index in [9.17, 15) is 23.3 Å². The second-order valence-electron chi connectivity index (χ2n) is 3.90. The molecule has 0 aromatic heterocycles. The van der Waals surface area contributed by atoms with Gasteiger partial charge in [0.1, 0.15) is 4.90 Å². The first-order valence-electron chi connectivity index (χ1n) is 5.36. The molecule has 0 saturated heterocycles. The van der Waals surface area contributed by atoms with Crippen LogP contribution in [-0.2, 0) is 10.0 Å². The number of rotatable bonds is 4. The van der Waals surface area contributed by atoms with Crippen LogP contribution in [0.15, 0.2) is 23.1 Å². The molecule has 102 valence electrons. The average molecular weight is 286 g/mol. The smallest absolute Gasteiger partial charge is 0.270 e. The predicted octanol–water partition coefficient (Wildman–Crippen LogP) is 0.122. The van der Waals surface area contributed by atoms with Crippen molar-refractivity contribution in [3.8, 4) is 0 Å². The van der Waals surface area contributed by atoms with Crippen molar-refractivity contribution < 1.29 is 23.2 Å². The molecule has 0 fully saturated rings. The molecule has 0 atom stereocenters. The standard InChI is InChI=1S/C10H10N2O6S/c13-5-1-4-11-10(14)8-6-7(12(15)16)2-3-9(8)19(11,17)18/h2-3,6,13H,1,4-5H2. The van der Waals surface area contributed by atoms with Crippen molar-refractivity contribution in [2.75, 3.05) is 13.2 Å². The minimum Gasteiger partial charge on any atom is -0.396 e. The van der Waals surface area contributed by atoms with Crippen LogP contribution >= 0.6 is 0 Å². The van der Waals surface area contributed by atoms with Crippen LogP contribution in [0, 0.1) is 10.1 Å². The van der Waals surface area contributed by atoms with E-state index in [-0.39, 0.29) is 35.7 Å². The van der Waals surface area contributed by atoms with E-state index in [0.29, 0.717) is 4.31 Å². The molecule has 1 aliphatic heterocycles. The summed E-state index contributed by atoms with van der Waals surface area (Å²) in [5, 5.41) is 19.3. The Bertz CT molecular complexity index is 654. The summed E-state index contributed by atoms with van der Waals surface area (Å²) in [5.74, 6) is -0.799. The molecule has 0 spiro atoms. The van der Waals surface area contributed by atoms with Crippen molar-refractivity contribution in [1.29, 1.82) is 0 Å². The molecule has 2 rings (SSSR count). The monoisotopic (exact) mass is 286 g/mol. The minimum absolute atomic E-state index is 0.112. The van der Waals surface area contributed by atoms with Gasteiger partial charge in [-0.2, -0.15) is 0 Å². The van der Waals surface area contributed by atoms with E-state index >= 15 is 0 Å². The number of carbonyl (C=O) groups is 1. The van der Waals surface area contributed by atoms with Crippen LogP contribution in [0.2, 0.25) is 0 Å². The second kappa shape index (κ2) is 4.59. The number of non-ortho nitro benzene ring substituents is 1. The Morgan fingerprint density at radius 3 is 2.63 bits per heavy atom. The van der Waals surface area contributed by atoms with Gasteiger partial charge in [-0.25, -0.2) is 12.7 Å². The Hall–Kier alpha value is -2.00. The van der Waals surface area contributed by atoms with Crippen LogP contribution in [0.1, 0.15) is 16.8 Å². The Morgan fingerprint density at radius 1 is 1.37 bits per heavy atom. The van der Waals surface area contributed by atoms with Gasteiger partial charge in [0.15, 0.2) is 0 Å². The molecule has 0 unspecified atom stereocenters. The summed E-state index contributed by atoms with van der Waals surface area (Å²) in [7, 11) is -3.96. The Labute approximate surface area is 108 Å². The summed E-state index contributed by atoms with van der Waals surface area (Å²) in [6.45, 7) is -0.407. The van der Waals surface area contributed by atoms with E-state index in [1.165, 1.54) is 0 Å². The highest BCUT2D eigenvalue weighted by molar-refractivity contribution is 7.90. The van der Waals surface area contributed by atoms with E-state index in [2.05, 4.69) is 0 Å². The number of nitro groups is 1. The normalized spacial score (nSPS) is 16.5. The number of sulfonamides is 1. The Morgan fingerprint density at radius 2 is 2.05 bits per heavy atom. The molecule has 1 aliphatic rings. The molecule has 0 saturated carbocycles. The first-order chi connectivity index (χ1) is 8.89. The third-order valence-corrected chi connectivity index (χ3v) is 4.56. The van der Waals surface area contributed by atoms with Crippen LogP contribution in [0.4, 0.5) is 5.69 Å². The first-order valence-corrected chi connectivity index (χ1v) is 6.80. The van der Waals surface area contributed by atoms with E-state index in [1.54, 1.807) is 0 Å². The molecule has 0 radical (unpaired) electrons. The van der Waals surface area contributed by atoms with Crippen LogP contribution in [0.3, 0.4) is 0 Å². The van der Waals surface area contributed by atoms with Crippen molar-refractivity contribution in [2.24, 2.45) is 0 Å². The van der Waals surface area contributed by atoms with Crippen molar-refractivity contribution in [3.05, 3.63) is 33.9 Å². The van der Waals surface area contributed by atoms with Gasteiger partial charge in [-0.3, -0.25) is 14.9 Å². The van der Waals surface area contributed by atoms with Crippen LogP contribution in [0.5, 0.6) is 0 Å². The van der Waals surface area contributed by atoms with Gasteiger partial charge in [-0.05, 0) is 12.5 Å². The maximum atomic E-state index is 12.0. The third kappa shape index (κ3) is 2.06. The lowest BCUT2D eigenvalue weighted by atomic mass is 10.2. The van der Waals surface area contributed by atoms with E-state index in [0.717, 1.165) is 18.2 Å². The van der Waals surface area contributed by atoms with Gasteiger partial charge in [0, 0.05) is 25.3 Å². The zero-order valence-electron chi connectivity index (χ0n) is 9.64. The van der Waals surface area contributed by atoms with Crippen molar-refractivity contribution in [3.63, 3.8) is 0 Å². The molecule has 9 heteroatoms. The van der Waals surface area contributed by atoms with E-state index in [1.807, 2.05) is 0 Å². The number of hydrogen-bond acceptors (Lipinski definition) is 6. The SMILES string of the molecule is O=C1c2cc([N+](=O)[O-])ccc2S(=O)(=O)N1CCCO. The summed E-state index contributed by atoms with van der Waals surface area (Å²) in [4.78, 5) is 21.6. The molecular weight excluding hydrogens is 276 g/mol. The average Bonchev–Trinajstić information content (AvgIpc) is 2.55. The number of nitro benzene ring substituents is 1. The van der Waals surface area contributed by atoms with Gasteiger partial charge < -0.3 is 5.11 Å². The molecular formula is C10H10N2O6S. The van der Waals surface area contributed by atoms with Crippen LogP contribution < -0.4 is 0 Å². The molecule has 19 heavy (non-hydrogen) atoms. The second-order valence-corrected chi connectivity index (χ2v) is 5.73. The highest BCUT2D eigenvalue weighted by Gasteiger charge is 2.41. The largest absolute Gasteiger partial charge is 0.396 e. The number of aliphatic hydroxyl groups excluding tert-OH is 1. The zero-order valence-corrected chi connectivity index (χ0v) is 10.5. The Balaban J connectivity index is 2.50. The topological polar surface area (TPSA) is 118 Å². The Kier molecular flexibility index (Phi) is 3.25. The number of fused-ring (bicyclic) bond motifs is 1. The highest BCUT2D eigenvalue weighted by atomic mass is 32.2. The van der Waals surface area contributed by atoms with Gasteiger partial charge in [0.25, 0.3) is 21.6 Å². The van der Waals surface area contributed by atoms with Crippen LogP contribution in [0.25, 0.3) is 0 Å². The summed E-state index contributed by atoms with van der Waals surface area (Å²) in [6, 6.07) is 3.05. The lowest BCUT2D eigenvalue weighted by Gasteiger charge is -2.13. The molecule has 1 amide bonds. The van der Waals surface area contributed by atoms with Gasteiger partial charge in [-0.1, -0.05) is 0 Å². The third-order valence-electron chi connectivity index (χ3n) is 2.72. The number of nitrogens with zero attached hydrogens (tertiary/aromatic N) is 2. The highest BCUT2D eigenvalue weighted by Crippen LogP contribution is 2.32. The van der Waals surface area contributed by atoms with Gasteiger partial charge in [-0.15, -0.1) is 0 Å². The van der Waals surface area contributed by atoms with Crippen molar-refractivity contribution >= 4 is 21.6 Å². The molecule has 8 nitrogen and oxygen atoms in total. The molecule has 0 bridgehead atoms. The molecule has 1 aromatic carbocycles. The van der Waals surface area contributed by atoms with Gasteiger partial charge >= 0.3 is 0 Å². The minimum atomic E-state index is -3.96. The summed E-state index contributed by atoms with van der Waals surface area (Å²) < 4.78 is 24.7. The molecule has 1 heterocycles. The molecule has 1 N–H and O–H groups in total. The lowest BCUT2D eigenvalue weighted by molar-refractivity contribution is -0.384. The zero-order chi connectivity index (χ0) is 14.2. The van der Waals surface area contributed by atoms with Crippen molar-refractivity contribution in [1.82, 2.24) is 4.31 Å². The van der Waals surface area contributed by atoms with E-state index in [4.69, 9.17) is 5.11 Å². The molecule has 0 aliphatic carbocycles. The summed E-state index contributed by atoms with van der Waals surface area (Å²) in [6.07, 6.45) is 0.112. The fourth-order valence-electron chi connectivity index (χ4n) is 1.82. The first kappa shape index (κ1) is 13.4. The predicted molar refractivity (Wildman–Crippen MR) is 63.0 cm³/mol. The number of hydrogen-bond donors (Lipinski definition) is 1. The number of aliphatic hydroxyl groups is 1. The summed E-state index contributed by atoms with van der Waals surface area (Å²) >= 11 is 0. The summed E-state index contributed by atoms with van der Waals surface area (Å²) in [5.41, 5.74) is -0.543. The fourth-order valence-corrected chi connectivity index (χ4v) is 3.41. The fraction of sp³-hybridized carbons (Fsp3) is 0.300. The maximum absolute atomic E-state index is 12.0. The number of benzene rings is 1. The van der Waals surface area contributed by atoms with Gasteiger partial charge in [0.05, 0.1) is 10.5 Å². The van der Waals surface area contributed by atoms with Crippen LogP contribution in [-0.4, -0.2) is 41.8 Å². The maximum Gasteiger partial charge on any atom is 0.270 e. The van der Waals surface area contributed by atoms with Gasteiger partial charge in [0.2, 0.25) is 0 Å². The van der Waals surface area contributed by atoms with Crippen molar-refractivity contribution in [2.45, 2.75) is 11.3 Å². The van der Waals surface area contributed by atoms with E-state index < -0.39 is 20.9 Å². The quantitative estimate of drug-likeness (QED) is 0.620. The molecule has 1 aromatic rings. The number of carbonyl (C=O) groups excluding carboxylic acids is 1. The lowest BCUT2D eigenvalue weighted by Crippen LogP contribution is -2.31. The number of amides is 1.